The second kappa shape index (κ2) is 6.95. The minimum Gasteiger partial charge on any atom is -0.493 e. The van der Waals surface area contributed by atoms with E-state index in [1.807, 2.05) is 0 Å². The number of hydrogen-bond donors (Lipinski definition) is 1. The number of ether oxygens (including phenoxy) is 2. The molecule has 0 aromatic heterocycles. The molecule has 110 valence electrons. The van der Waals surface area contributed by atoms with Gasteiger partial charge < -0.3 is 14.7 Å². The minimum absolute atomic E-state index is 0.154. The van der Waals surface area contributed by atoms with Crippen LogP contribution in [0.2, 0.25) is 5.02 Å². The number of methoxy groups -OCH3 is 1. The fourth-order valence-corrected chi connectivity index (χ4v) is 2.08. The predicted octanol–water partition coefficient (Wildman–Crippen LogP) is 3.87. The molecule has 0 bridgehead atoms. The lowest BCUT2D eigenvalue weighted by molar-refractivity contribution is 0.284. The van der Waals surface area contributed by atoms with E-state index < -0.39 is 0 Å². The molecule has 0 saturated carbocycles. The SMILES string of the molecule is COc1cc(/C=N\O)cc(Cl)c1OCc1cccc(F)c1. The molecular weight excluding hydrogens is 297 g/mol. The van der Waals surface area contributed by atoms with E-state index in [9.17, 15) is 4.39 Å². The zero-order valence-corrected chi connectivity index (χ0v) is 12.0. The molecule has 0 amide bonds. The number of oxime groups is 1. The van der Waals surface area contributed by atoms with E-state index in [0.717, 1.165) is 0 Å². The highest BCUT2D eigenvalue weighted by atomic mass is 35.5. The van der Waals surface area contributed by atoms with Crippen LogP contribution in [0.5, 0.6) is 11.5 Å². The molecule has 0 atom stereocenters. The van der Waals surface area contributed by atoms with Gasteiger partial charge in [-0.2, -0.15) is 0 Å². The second-order valence-corrected chi connectivity index (χ2v) is 4.60. The number of nitrogens with zero attached hydrogens (tertiary/aromatic N) is 1. The Labute approximate surface area is 126 Å². The second-order valence-electron chi connectivity index (χ2n) is 4.20. The standard InChI is InChI=1S/C15H13ClFNO3/c1-20-14-7-11(8-18-19)6-13(16)15(14)21-9-10-3-2-4-12(17)5-10/h2-8,19H,9H2,1H3/b18-8-. The highest BCUT2D eigenvalue weighted by Crippen LogP contribution is 2.36. The molecule has 4 nitrogen and oxygen atoms in total. The molecule has 0 heterocycles. The summed E-state index contributed by atoms with van der Waals surface area (Å²) in [5.41, 5.74) is 1.24. The minimum atomic E-state index is -0.330. The maximum Gasteiger partial charge on any atom is 0.180 e. The van der Waals surface area contributed by atoms with Crippen molar-refractivity contribution in [3.8, 4) is 11.5 Å². The van der Waals surface area contributed by atoms with Gasteiger partial charge in [0.25, 0.3) is 0 Å². The fraction of sp³-hybridized carbons (Fsp3) is 0.133. The van der Waals surface area contributed by atoms with Gasteiger partial charge >= 0.3 is 0 Å². The van der Waals surface area contributed by atoms with Crippen molar-refractivity contribution >= 4 is 17.8 Å². The number of halogens is 2. The summed E-state index contributed by atoms with van der Waals surface area (Å²) in [6, 6.07) is 9.29. The van der Waals surface area contributed by atoms with Crippen molar-refractivity contribution in [3.05, 3.63) is 58.4 Å². The zero-order valence-electron chi connectivity index (χ0n) is 11.2. The molecule has 1 N–H and O–H groups in total. The van der Waals surface area contributed by atoms with Crippen LogP contribution >= 0.6 is 11.6 Å². The molecular formula is C15H13ClFNO3. The van der Waals surface area contributed by atoms with Crippen molar-refractivity contribution in [3.63, 3.8) is 0 Å². The van der Waals surface area contributed by atoms with E-state index in [0.29, 0.717) is 27.6 Å². The van der Waals surface area contributed by atoms with Gasteiger partial charge in [-0.3, -0.25) is 0 Å². The zero-order chi connectivity index (χ0) is 15.2. The molecule has 0 unspecified atom stereocenters. The smallest absolute Gasteiger partial charge is 0.180 e. The number of benzene rings is 2. The number of rotatable bonds is 5. The Hall–Kier alpha value is -2.27. The Morgan fingerprint density at radius 2 is 2.14 bits per heavy atom. The molecule has 0 aliphatic rings. The molecule has 0 aliphatic carbocycles. The first-order chi connectivity index (χ1) is 10.1. The van der Waals surface area contributed by atoms with Crippen molar-refractivity contribution in [1.82, 2.24) is 0 Å². The van der Waals surface area contributed by atoms with Gasteiger partial charge in [0.1, 0.15) is 12.4 Å². The van der Waals surface area contributed by atoms with Gasteiger partial charge in [0.05, 0.1) is 18.3 Å². The quantitative estimate of drug-likeness (QED) is 0.518. The van der Waals surface area contributed by atoms with Gasteiger partial charge in [0.2, 0.25) is 0 Å². The lowest BCUT2D eigenvalue weighted by atomic mass is 10.2. The van der Waals surface area contributed by atoms with Crippen molar-refractivity contribution in [1.29, 1.82) is 0 Å². The van der Waals surface area contributed by atoms with Gasteiger partial charge in [-0.05, 0) is 29.8 Å². The number of hydrogen-bond acceptors (Lipinski definition) is 4. The molecule has 6 heteroatoms. The van der Waals surface area contributed by atoms with Crippen molar-refractivity contribution in [2.75, 3.05) is 7.11 Å². The Morgan fingerprint density at radius 1 is 1.33 bits per heavy atom. The van der Waals surface area contributed by atoms with Crippen molar-refractivity contribution in [2.45, 2.75) is 6.61 Å². The van der Waals surface area contributed by atoms with Gasteiger partial charge in [0.15, 0.2) is 11.5 Å². The molecule has 21 heavy (non-hydrogen) atoms. The summed E-state index contributed by atoms with van der Waals surface area (Å²) in [5.74, 6) is 0.413. The highest BCUT2D eigenvalue weighted by molar-refractivity contribution is 6.32. The van der Waals surface area contributed by atoms with Crippen molar-refractivity contribution < 1.29 is 19.1 Å². The molecule has 2 aromatic carbocycles. The van der Waals surface area contributed by atoms with Crippen LogP contribution in [-0.4, -0.2) is 18.5 Å². The monoisotopic (exact) mass is 309 g/mol. The maximum absolute atomic E-state index is 13.1. The first-order valence-corrected chi connectivity index (χ1v) is 6.44. The van der Waals surface area contributed by atoms with Crippen LogP contribution in [0.15, 0.2) is 41.6 Å². The van der Waals surface area contributed by atoms with Crippen LogP contribution in [0.25, 0.3) is 0 Å². The van der Waals surface area contributed by atoms with E-state index in [-0.39, 0.29) is 12.4 Å². The molecule has 0 radical (unpaired) electrons. The van der Waals surface area contributed by atoms with Crippen molar-refractivity contribution in [2.24, 2.45) is 5.16 Å². The molecule has 2 aromatic rings. The van der Waals surface area contributed by atoms with Gasteiger partial charge in [-0.1, -0.05) is 28.9 Å². The summed E-state index contributed by atoms with van der Waals surface area (Å²) in [6.45, 7) is 0.154. The first-order valence-electron chi connectivity index (χ1n) is 6.06. The first kappa shape index (κ1) is 15.1. The van der Waals surface area contributed by atoms with Crippen LogP contribution in [0.3, 0.4) is 0 Å². The van der Waals surface area contributed by atoms with Crippen LogP contribution < -0.4 is 9.47 Å². The molecule has 0 saturated heterocycles. The van der Waals surface area contributed by atoms with E-state index in [2.05, 4.69) is 5.16 Å². The molecule has 0 fully saturated rings. The lowest BCUT2D eigenvalue weighted by Gasteiger charge is -2.13. The van der Waals surface area contributed by atoms with Crippen LogP contribution in [0.4, 0.5) is 4.39 Å². The topological polar surface area (TPSA) is 51.0 Å². The van der Waals surface area contributed by atoms with E-state index in [1.54, 1.807) is 24.3 Å². The summed E-state index contributed by atoms with van der Waals surface area (Å²) in [6.07, 6.45) is 1.23. The van der Waals surface area contributed by atoms with Crippen LogP contribution in [0.1, 0.15) is 11.1 Å². The average molecular weight is 310 g/mol. The summed E-state index contributed by atoms with van der Waals surface area (Å²) in [5, 5.41) is 11.8. The van der Waals surface area contributed by atoms with Gasteiger partial charge in [-0.15, -0.1) is 0 Å². The van der Waals surface area contributed by atoms with Crippen LogP contribution in [0, 0.1) is 5.82 Å². The summed E-state index contributed by atoms with van der Waals surface area (Å²) in [4.78, 5) is 0. The molecule has 0 aliphatic heterocycles. The molecule has 0 spiro atoms. The van der Waals surface area contributed by atoms with Gasteiger partial charge in [-0.25, -0.2) is 4.39 Å². The third-order valence-electron chi connectivity index (χ3n) is 2.73. The third kappa shape index (κ3) is 3.86. The largest absolute Gasteiger partial charge is 0.493 e. The van der Waals surface area contributed by atoms with E-state index in [1.165, 1.54) is 25.5 Å². The molecule has 2 rings (SSSR count). The fourth-order valence-electron chi connectivity index (χ4n) is 1.80. The Kier molecular flexibility index (Phi) is 5.00. The Morgan fingerprint density at radius 3 is 2.81 bits per heavy atom. The summed E-state index contributed by atoms with van der Waals surface area (Å²) < 4.78 is 23.9. The van der Waals surface area contributed by atoms with Gasteiger partial charge in [0, 0.05) is 5.56 Å². The summed E-state index contributed by atoms with van der Waals surface area (Å²) in [7, 11) is 1.47. The Balaban J connectivity index is 2.23. The normalized spacial score (nSPS) is 10.8. The van der Waals surface area contributed by atoms with E-state index >= 15 is 0 Å². The summed E-state index contributed by atoms with van der Waals surface area (Å²) >= 11 is 6.12. The maximum atomic E-state index is 13.1. The van der Waals surface area contributed by atoms with E-state index in [4.69, 9.17) is 26.3 Å². The van der Waals surface area contributed by atoms with Crippen LogP contribution in [-0.2, 0) is 6.61 Å². The predicted molar refractivity (Wildman–Crippen MR) is 78.1 cm³/mol. The highest BCUT2D eigenvalue weighted by Gasteiger charge is 2.12. The Bertz CT molecular complexity index is 661. The lowest BCUT2D eigenvalue weighted by Crippen LogP contribution is -2.00. The average Bonchev–Trinajstić information content (AvgIpc) is 2.46. The third-order valence-corrected chi connectivity index (χ3v) is 3.01.